The van der Waals surface area contributed by atoms with Crippen LogP contribution in [0.1, 0.15) is 27.9 Å². The van der Waals surface area contributed by atoms with Crippen LogP contribution in [-0.4, -0.2) is 65.1 Å². The standard InChI is InChI=1S/C14H17N3O5/c1-9(18)15-7-10-8-17(5-6-22-10)13(19)11-3-2-4-12(16-11)14(20)21/h2-4,10H,5-8H2,1H3,(H,15,18)(H,20,21). The lowest BCUT2D eigenvalue weighted by molar-refractivity contribution is -0.120. The van der Waals surface area contributed by atoms with Crippen LogP contribution in [0.25, 0.3) is 0 Å². The molecule has 0 radical (unpaired) electrons. The number of carbonyl (C=O) groups excluding carboxylic acids is 2. The smallest absolute Gasteiger partial charge is 0.354 e. The van der Waals surface area contributed by atoms with Gasteiger partial charge in [-0.1, -0.05) is 6.07 Å². The van der Waals surface area contributed by atoms with Crippen molar-refractivity contribution in [3.63, 3.8) is 0 Å². The molecule has 0 aromatic carbocycles. The van der Waals surface area contributed by atoms with Crippen LogP contribution in [0, 0.1) is 0 Å². The third kappa shape index (κ3) is 4.01. The van der Waals surface area contributed by atoms with Gasteiger partial charge in [-0.2, -0.15) is 0 Å². The van der Waals surface area contributed by atoms with E-state index in [-0.39, 0.29) is 29.3 Å². The number of carbonyl (C=O) groups is 3. The maximum Gasteiger partial charge on any atom is 0.354 e. The molecule has 2 amide bonds. The maximum atomic E-state index is 12.4. The summed E-state index contributed by atoms with van der Waals surface area (Å²) in [7, 11) is 0. The van der Waals surface area contributed by atoms with Gasteiger partial charge in [0.2, 0.25) is 5.91 Å². The van der Waals surface area contributed by atoms with Gasteiger partial charge < -0.3 is 20.1 Å². The van der Waals surface area contributed by atoms with Gasteiger partial charge in [-0.25, -0.2) is 9.78 Å². The van der Waals surface area contributed by atoms with Crippen molar-refractivity contribution in [2.75, 3.05) is 26.2 Å². The number of ether oxygens (including phenoxy) is 1. The number of amides is 2. The highest BCUT2D eigenvalue weighted by Gasteiger charge is 2.26. The monoisotopic (exact) mass is 307 g/mol. The molecule has 1 aromatic rings. The Morgan fingerprint density at radius 3 is 2.82 bits per heavy atom. The predicted octanol–water partition coefficient (Wildman–Crippen LogP) is -0.243. The van der Waals surface area contributed by atoms with E-state index in [4.69, 9.17) is 9.84 Å². The summed E-state index contributed by atoms with van der Waals surface area (Å²) >= 11 is 0. The third-order valence-corrected chi connectivity index (χ3v) is 3.19. The Morgan fingerprint density at radius 2 is 2.14 bits per heavy atom. The lowest BCUT2D eigenvalue weighted by Crippen LogP contribution is -2.49. The second kappa shape index (κ2) is 6.99. The molecular formula is C14H17N3O5. The van der Waals surface area contributed by atoms with Crippen molar-refractivity contribution in [1.29, 1.82) is 0 Å². The molecule has 118 valence electrons. The molecular weight excluding hydrogens is 290 g/mol. The zero-order chi connectivity index (χ0) is 16.1. The molecule has 0 spiro atoms. The molecule has 8 heteroatoms. The first-order valence-corrected chi connectivity index (χ1v) is 6.83. The minimum absolute atomic E-state index is 0.0834. The lowest BCUT2D eigenvalue weighted by atomic mass is 10.2. The molecule has 1 saturated heterocycles. The summed E-state index contributed by atoms with van der Waals surface area (Å²) in [6.07, 6.45) is -0.288. The molecule has 1 aromatic heterocycles. The fourth-order valence-corrected chi connectivity index (χ4v) is 2.12. The number of pyridine rings is 1. The molecule has 0 saturated carbocycles. The zero-order valence-electron chi connectivity index (χ0n) is 12.1. The Labute approximate surface area is 127 Å². The Kier molecular flexibility index (Phi) is 5.05. The molecule has 2 rings (SSSR count). The van der Waals surface area contributed by atoms with Crippen LogP contribution in [-0.2, 0) is 9.53 Å². The SMILES string of the molecule is CC(=O)NCC1CN(C(=O)c2cccc(C(=O)O)n2)CCO1. The van der Waals surface area contributed by atoms with E-state index in [1.165, 1.54) is 25.1 Å². The molecule has 1 unspecified atom stereocenters. The molecule has 1 aliphatic rings. The summed E-state index contributed by atoms with van der Waals surface area (Å²) < 4.78 is 5.48. The Balaban J connectivity index is 2.04. The Hall–Kier alpha value is -2.48. The van der Waals surface area contributed by atoms with Crippen molar-refractivity contribution < 1.29 is 24.2 Å². The van der Waals surface area contributed by atoms with Crippen molar-refractivity contribution in [3.05, 3.63) is 29.6 Å². The number of aromatic nitrogens is 1. The van der Waals surface area contributed by atoms with Crippen molar-refractivity contribution in [3.8, 4) is 0 Å². The maximum absolute atomic E-state index is 12.4. The molecule has 8 nitrogen and oxygen atoms in total. The van der Waals surface area contributed by atoms with Crippen LogP contribution in [0.5, 0.6) is 0 Å². The highest BCUT2D eigenvalue weighted by Crippen LogP contribution is 2.10. The molecule has 0 bridgehead atoms. The number of carboxylic acid groups (broad SMARTS) is 1. The summed E-state index contributed by atoms with van der Waals surface area (Å²) in [6.45, 7) is 2.80. The van der Waals surface area contributed by atoms with Gasteiger partial charge in [-0.15, -0.1) is 0 Å². The number of aromatic carboxylic acids is 1. The highest BCUT2D eigenvalue weighted by molar-refractivity contribution is 5.94. The number of hydrogen-bond acceptors (Lipinski definition) is 5. The summed E-state index contributed by atoms with van der Waals surface area (Å²) in [5.41, 5.74) is -0.0889. The minimum atomic E-state index is -1.18. The normalized spacial score (nSPS) is 17.9. The van der Waals surface area contributed by atoms with Crippen LogP contribution in [0.3, 0.4) is 0 Å². The van der Waals surface area contributed by atoms with Gasteiger partial charge in [0.15, 0.2) is 0 Å². The number of nitrogens with zero attached hydrogens (tertiary/aromatic N) is 2. The number of morpholine rings is 1. The molecule has 1 aliphatic heterocycles. The van der Waals surface area contributed by atoms with Crippen LogP contribution in [0.2, 0.25) is 0 Å². The fraction of sp³-hybridized carbons (Fsp3) is 0.429. The quantitative estimate of drug-likeness (QED) is 0.794. The number of hydrogen-bond donors (Lipinski definition) is 2. The molecule has 2 heterocycles. The largest absolute Gasteiger partial charge is 0.477 e. The topological polar surface area (TPSA) is 109 Å². The number of carboxylic acids is 1. The van der Waals surface area contributed by atoms with Gasteiger partial charge in [0.25, 0.3) is 5.91 Å². The highest BCUT2D eigenvalue weighted by atomic mass is 16.5. The van der Waals surface area contributed by atoms with E-state index in [0.29, 0.717) is 26.2 Å². The Morgan fingerprint density at radius 1 is 1.41 bits per heavy atom. The average Bonchev–Trinajstić information content (AvgIpc) is 2.52. The fourth-order valence-electron chi connectivity index (χ4n) is 2.12. The van der Waals surface area contributed by atoms with Crippen LogP contribution < -0.4 is 5.32 Å². The molecule has 0 aliphatic carbocycles. The van der Waals surface area contributed by atoms with Gasteiger partial charge >= 0.3 is 5.97 Å². The first-order valence-electron chi connectivity index (χ1n) is 6.83. The van der Waals surface area contributed by atoms with E-state index < -0.39 is 5.97 Å². The molecule has 1 atom stereocenters. The van der Waals surface area contributed by atoms with E-state index in [0.717, 1.165) is 0 Å². The lowest BCUT2D eigenvalue weighted by Gasteiger charge is -2.32. The average molecular weight is 307 g/mol. The van der Waals surface area contributed by atoms with Crippen LogP contribution in [0.4, 0.5) is 0 Å². The Bertz CT molecular complexity index is 590. The van der Waals surface area contributed by atoms with E-state index in [9.17, 15) is 14.4 Å². The van der Waals surface area contributed by atoms with Crippen molar-refractivity contribution >= 4 is 17.8 Å². The summed E-state index contributed by atoms with van der Waals surface area (Å²) in [5, 5.41) is 11.6. The van der Waals surface area contributed by atoms with Gasteiger partial charge in [0.05, 0.1) is 12.7 Å². The molecule has 22 heavy (non-hydrogen) atoms. The summed E-state index contributed by atoms with van der Waals surface area (Å²) in [5.74, 6) is -1.69. The second-order valence-corrected chi connectivity index (χ2v) is 4.89. The molecule has 2 N–H and O–H groups in total. The second-order valence-electron chi connectivity index (χ2n) is 4.89. The summed E-state index contributed by atoms with van der Waals surface area (Å²) in [6, 6.07) is 4.30. The van der Waals surface area contributed by atoms with E-state index >= 15 is 0 Å². The zero-order valence-corrected chi connectivity index (χ0v) is 12.1. The predicted molar refractivity (Wildman–Crippen MR) is 75.5 cm³/mol. The first kappa shape index (κ1) is 15.9. The van der Waals surface area contributed by atoms with Gasteiger partial charge in [-0.05, 0) is 12.1 Å². The van der Waals surface area contributed by atoms with Gasteiger partial charge in [0.1, 0.15) is 11.4 Å². The molecule has 1 fully saturated rings. The van der Waals surface area contributed by atoms with E-state index in [1.807, 2.05) is 0 Å². The van der Waals surface area contributed by atoms with Crippen LogP contribution in [0.15, 0.2) is 18.2 Å². The van der Waals surface area contributed by atoms with E-state index in [1.54, 1.807) is 4.90 Å². The number of rotatable bonds is 4. The minimum Gasteiger partial charge on any atom is -0.477 e. The van der Waals surface area contributed by atoms with Gasteiger partial charge in [0, 0.05) is 26.6 Å². The first-order chi connectivity index (χ1) is 10.5. The van der Waals surface area contributed by atoms with Crippen molar-refractivity contribution in [1.82, 2.24) is 15.2 Å². The van der Waals surface area contributed by atoms with Crippen molar-refractivity contribution in [2.24, 2.45) is 0 Å². The van der Waals surface area contributed by atoms with Crippen molar-refractivity contribution in [2.45, 2.75) is 13.0 Å². The number of nitrogens with one attached hydrogen (secondary N) is 1. The summed E-state index contributed by atoms with van der Waals surface area (Å²) in [4.78, 5) is 39.6. The third-order valence-electron chi connectivity index (χ3n) is 3.19. The van der Waals surface area contributed by atoms with Crippen LogP contribution >= 0.6 is 0 Å². The van der Waals surface area contributed by atoms with Gasteiger partial charge in [-0.3, -0.25) is 9.59 Å². The van der Waals surface area contributed by atoms with E-state index in [2.05, 4.69) is 10.3 Å².